The highest BCUT2D eigenvalue weighted by atomic mass is 14.8. The lowest BCUT2D eigenvalue weighted by atomic mass is 9.52. The second-order valence-electron chi connectivity index (χ2n) is 10.9. The van der Waals surface area contributed by atoms with Crippen LogP contribution in [0.1, 0.15) is 105 Å². The summed E-state index contributed by atoms with van der Waals surface area (Å²) >= 11 is 0. The van der Waals surface area contributed by atoms with Crippen molar-refractivity contribution >= 4 is 0 Å². The maximum absolute atomic E-state index is 6.83. The Labute approximate surface area is 157 Å². The third kappa shape index (κ3) is 3.69. The van der Waals surface area contributed by atoms with Gasteiger partial charge in [0, 0.05) is 5.54 Å². The Hall–Kier alpha value is -0.0400. The number of hydrogen-bond acceptors (Lipinski definition) is 1. The van der Waals surface area contributed by atoms with Crippen LogP contribution in [0.5, 0.6) is 0 Å². The van der Waals surface area contributed by atoms with E-state index in [2.05, 4.69) is 34.6 Å². The third-order valence-electron chi connectivity index (χ3n) is 9.38. The molecule has 2 N–H and O–H groups in total. The Kier molecular flexibility index (Phi) is 5.94. The molecule has 3 aliphatic carbocycles. The molecule has 146 valence electrons. The first-order valence-electron chi connectivity index (χ1n) is 11.6. The lowest BCUT2D eigenvalue weighted by Gasteiger charge is -2.53. The lowest BCUT2D eigenvalue weighted by molar-refractivity contribution is -0.0317. The standard InChI is InChI=1S/C24H45N/c1-6-24(5,25)22-14-13-21-20-10-8-7-9-17(2)11-12-18(3)19(20)15-16-23(21,22)4/h17-22H,6-16,25H2,1-5H3/t17?,18?,19?,20?,21?,22?,23?,24-/m1/s1. The highest BCUT2D eigenvalue weighted by molar-refractivity contribution is 5.08. The van der Waals surface area contributed by atoms with Crippen molar-refractivity contribution in [3.8, 4) is 0 Å². The van der Waals surface area contributed by atoms with Crippen molar-refractivity contribution in [3.05, 3.63) is 0 Å². The van der Waals surface area contributed by atoms with Crippen LogP contribution in [-0.4, -0.2) is 5.54 Å². The van der Waals surface area contributed by atoms with E-state index in [1.54, 1.807) is 0 Å². The first-order chi connectivity index (χ1) is 11.8. The van der Waals surface area contributed by atoms with Gasteiger partial charge in [0.1, 0.15) is 0 Å². The Morgan fingerprint density at radius 3 is 2.36 bits per heavy atom. The SMILES string of the molecule is CC[C@@](C)(N)C1CCC2C3CCCCC(C)CCC(C)C3CCC21C. The van der Waals surface area contributed by atoms with Gasteiger partial charge in [0.15, 0.2) is 0 Å². The summed E-state index contributed by atoms with van der Waals surface area (Å²) in [6.45, 7) is 12.3. The molecule has 3 saturated carbocycles. The average molecular weight is 348 g/mol. The topological polar surface area (TPSA) is 26.0 Å². The summed E-state index contributed by atoms with van der Waals surface area (Å²) in [7, 11) is 0. The predicted octanol–water partition coefficient (Wildman–Crippen LogP) is 6.80. The van der Waals surface area contributed by atoms with Gasteiger partial charge in [-0.05, 0) is 86.4 Å². The van der Waals surface area contributed by atoms with E-state index in [0.717, 1.165) is 41.9 Å². The summed E-state index contributed by atoms with van der Waals surface area (Å²) in [6.07, 6.45) is 15.7. The van der Waals surface area contributed by atoms with Gasteiger partial charge in [-0.25, -0.2) is 0 Å². The molecule has 0 aliphatic heterocycles. The van der Waals surface area contributed by atoms with Crippen molar-refractivity contribution in [3.63, 3.8) is 0 Å². The number of rotatable bonds is 2. The van der Waals surface area contributed by atoms with E-state index in [9.17, 15) is 0 Å². The zero-order chi connectivity index (χ0) is 18.2. The van der Waals surface area contributed by atoms with Gasteiger partial charge in [0.2, 0.25) is 0 Å². The molecule has 1 nitrogen and oxygen atoms in total. The highest BCUT2D eigenvalue weighted by Crippen LogP contribution is 2.63. The van der Waals surface area contributed by atoms with Crippen molar-refractivity contribution in [2.75, 3.05) is 0 Å². The van der Waals surface area contributed by atoms with E-state index in [-0.39, 0.29) is 5.54 Å². The highest BCUT2D eigenvalue weighted by Gasteiger charge is 2.57. The fourth-order valence-corrected chi connectivity index (χ4v) is 7.55. The van der Waals surface area contributed by atoms with Gasteiger partial charge in [-0.2, -0.15) is 0 Å². The molecule has 0 aromatic carbocycles. The molecule has 8 atom stereocenters. The minimum Gasteiger partial charge on any atom is -0.325 e. The van der Waals surface area contributed by atoms with Crippen molar-refractivity contribution in [1.82, 2.24) is 0 Å². The average Bonchev–Trinajstić information content (AvgIpc) is 2.94. The second-order valence-corrected chi connectivity index (χ2v) is 10.9. The molecule has 7 unspecified atom stereocenters. The molecule has 0 aromatic heterocycles. The van der Waals surface area contributed by atoms with Crippen LogP contribution in [0.15, 0.2) is 0 Å². The van der Waals surface area contributed by atoms with Gasteiger partial charge in [0.25, 0.3) is 0 Å². The summed E-state index contributed by atoms with van der Waals surface area (Å²) in [5.74, 6) is 5.55. The van der Waals surface area contributed by atoms with E-state index in [1.165, 1.54) is 64.2 Å². The summed E-state index contributed by atoms with van der Waals surface area (Å²) < 4.78 is 0. The lowest BCUT2D eigenvalue weighted by Crippen LogP contribution is -2.53. The Morgan fingerprint density at radius 2 is 1.64 bits per heavy atom. The van der Waals surface area contributed by atoms with Crippen molar-refractivity contribution in [2.24, 2.45) is 46.7 Å². The first kappa shape index (κ1) is 19.7. The molecule has 0 heterocycles. The van der Waals surface area contributed by atoms with Crippen LogP contribution in [0.25, 0.3) is 0 Å². The van der Waals surface area contributed by atoms with E-state index < -0.39 is 0 Å². The fourth-order valence-electron chi connectivity index (χ4n) is 7.55. The van der Waals surface area contributed by atoms with Crippen LogP contribution in [-0.2, 0) is 0 Å². The maximum atomic E-state index is 6.83. The molecule has 3 aliphatic rings. The van der Waals surface area contributed by atoms with Crippen molar-refractivity contribution < 1.29 is 0 Å². The minimum absolute atomic E-state index is 0.0351. The zero-order valence-electron chi connectivity index (χ0n) is 17.8. The smallest absolute Gasteiger partial charge is 0.0157 e. The van der Waals surface area contributed by atoms with Gasteiger partial charge in [0.05, 0.1) is 0 Å². The van der Waals surface area contributed by atoms with E-state index >= 15 is 0 Å². The summed E-state index contributed by atoms with van der Waals surface area (Å²) in [5, 5.41) is 0. The number of hydrogen-bond donors (Lipinski definition) is 1. The van der Waals surface area contributed by atoms with Gasteiger partial charge >= 0.3 is 0 Å². The van der Waals surface area contributed by atoms with E-state index in [1.807, 2.05) is 0 Å². The Bertz CT molecular complexity index is 441. The van der Waals surface area contributed by atoms with Gasteiger partial charge in [-0.1, -0.05) is 59.8 Å². The Morgan fingerprint density at radius 1 is 0.920 bits per heavy atom. The molecular weight excluding hydrogens is 302 g/mol. The second kappa shape index (κ2) is 7.53. The van der Waals surface area contributed by atoms with Crippen LogP contribution in [0, 0.1) is 40.9 Å². The minimum atomic E-state index is 0.0351. The summed E-state index contributed by atoms with van der Waals surface area (Å²) in [5.41, 5.74) is 7.37. The molecule has 0 bridgehead atoms. The normalized spacial score (nSPS) is 48.2. The van der Waals surface area contributed by atoms with E-state index in [4.69, 9.17) is 5.73 Å². The molecule has 25 heavy (non-hydrogen) atoms. The molecule has 0 amide bonds. The molecule has 0 spiro atoms. The van der Waals surface area contributed by atoms with Crippen molar-refractivity contribution in [1.29, 1.82) is 0 Å². The van der Waals surface area contributed by atoms with Gasteiger partial charge < -0.3 is 5.73 Å². The maximum Gasteiger partial charge on any atom is 0.0157 e. The summed E-state index contributed by atoms with van der Waals surface area (Å²) in [4.78, 5) is 0. The molecule has 0 radical (unpaired) electrons. The Balaban J connectivity index is 1.81. The molecule has 3 rings (SSSR count). The van der Waals surface area contributed by atoms with Crippen molar-refractivity contribution in [2.45, 2.75) is 111 Å². The fraction of sp³-hybridized carbons (Fsp3) is 1.00. The van der Waals surface area contributed by atoms with Crippen LogP contribution in [0.3, 0.4) is 0 Å². The molecule has 1 heteroatoms. The van der Waals surface area contributed by atoms with Gasteiger partial charge in [-0.3, -0.25) is 0 Å². The van der Waals surface area contributed by atoms with Crippen LogP contribution in [0.4, 0.5) is 0 Å². The molecule has 3 fully saturated rings. The van der Waals surface area contributed by atoms with Crippen LogP contribution >= 0.6 is 0 Å². The quantitative estimate of drug-likeness (QED) is 0.584. The van der Waals surface area contributed by atoms with E-state index in [0.29, 0.717) is 5.41 Å². The predicted molar refractivity (Wildman–Crippen MR) is 109 cm³/mol. The van der Waals surface area contributed by atoms with Crippen LogP contribution in [0.2, 0.25) is 0 Å². The monoisotopic (exact) mass is 347 g/mol. The largest absolute Gasteiger partial charge is 0.325 e. The number of fused-ring (bicyclic) bond motifs is 3. The van der Waals surface area contributed by atoms with Gasteiger partial charge in [-0.15, -0.1) is 0 Å². The van der Waals surface area contributed by atoms with Crippen LogP contribution < -0.4 is 5.73 Å². The molecule has 0 saturated heterocycles. The molecule has 0 aromatic rings. The third-order valence-corrected chi connectivity index (χ3v) is 9.38. The zero-order valence-corrected chi connectivity index (χ0v) is 17.8. The first-order valence-corrected chi connectivity index (χ1v) is 11.6. The molecular formula is C24H45N. The summed E-state index contributed by atoms with van der Waals surface area (Å²) in [6, 6.07) is 0. The number of nitrogens with two attached hydrogens (primary N) is 1.